The van der Waals surface area contributed by atoms with E-state index in [-0.39, 0.29) is 5.92 Å². The van der Waals surface area contributed by atoms with E-state index in [2.05, 4.69) is 20.1 Å². The lowest BCUT2D eigenvalue weighted by Gasteiger charge is -2.34. The fraction of sp³-hybridized carbons (Fsp3) is 0.391. The van der Waals surface area contributed by atoms with Crippen LogP contribution in [0.25, 0.3) is 11.3 Å². The molecule has 0 amide bonds. The van der Waals surface area contributed by atoms with Crippen molar-refractivity contribution in [1.29, 1.82) is 0 Å². The Kier molecular flexibility index (Phi) is 6.30. The van der Waals surface area contributed by atoms with Crippen LogP contribution in [0, 0.1) is 5.92 Å². The van der Waals surface area contributed by atoms with E-state index in [4.69, 9.17) is 9.47 Å². The molecule has 7 nitrogen and oxygen atoms in total. The molecule has 2 aromatic heterocycles. The van der Waals surface area contributed by atoms with Crippen LogP contribution in [0.2, 0.25) is 0 Å². The summed E-state index contributed by atoms with van der Waals surface area (Å²) in [6.45, 7) is 2.68. The average molecular weight is 409 g/mol. The molecule has 1 aliphatic rings. The van der Waals surface area contributed by atoms with Crippen LogP contribution in [0.5, 0.6) is 11.5 Å². The zero-order valence-corrected chi connectivity index (χ0v) is 17.4. The maximum Gasteiger partial charge on any atom is 0.131 e. The van der Waals surface area contributed by atoms with E-state index >= 15 is 0 Å². The number of aliphatic hydroxyl groups is 1. The number of ether oxygens (including phenoxy) is 2. The SMILES string of the molecule is COc1ccc(-c2[nH]ncc2CN2CCC(C(O)c3cccnc3)CC2)c(OC)c1. The molecule has 1 atom stereocenters. The van der Waals surface area contributed by atoms with Crippen LogP contribution in [0.15, 0.2) is 48.9 Å². The van der Waals surface area contributed by atoms with Crippen molar-refractivity contribution in [2.75, 3.05) is 27.3 Å². The summed E-state index contributed by atoms with van der Waals surface area (Å²) in [6.07, 6.45) is 6.84. The molecule has 158 valence electrons. The first-order chi connectivity index (χ1) is 14.7. The minimum atomic E-state index is -0.450. The second kappa shape index (κ2) is 9.28. The van der Waals surface area contributed by atoms with Gasteiger partial charge in [-0.25, -0.2) is 0 Å². The summed E-state index contributed by atoms with van der Waals surface area (Å²) in [7, 11) is 3.30. The van der Waals surface area contributed by atoms with E-state index < -0.39 is 6.10 Å². The van der Waals surface area contributed by atoms with Gasteiger partial charge >= 0.3 is 0 Å². The average Bonchev–Trinajstić information content (AvgIpc) is 3.27. The van der Waals surface area contributed by atoms with Gasteiger partial charge in [-0.05, 0) is 55.6 Å². The molecule has 0 saturated carbocycles. The number of aliphatic hydroxyl groups excluding tert-OH is 1. The second-order valence-electron chi connectivity index (χ2n) is 7.68. The molecule has 0 aliphatic carbocycles. The highest BCUT2D eigenvalue weighted by Gasteiger charge is 2.27. The van der Waals surface area contributed by atoms with Gasteiger partial charge in [0.2, 0.25) is 0 Å². The second-order valence-corrected chi connectivity index (χ2v) is 7.68. The van der Waals surface area contributed by atoms with Gasteiger partial charge in [-0.3, -0.25) is 15.0 Å². The van der Waals surface area contributed by atoms with Gasteiger partial charge in [-0.2, -0.15) is 5.10 Å². The Morgan fingerprint density at radius 1 is 1.17 bits per heavy atom. The quantitative estimate of drug-likeness (QED) is 0.623. The molecular formula is C23H28N4O3. The van der Waals surface area contributed by atoms with Crippen molar-refractivity contribution in [3.05, 3.63) is 60.0 Å². The standard InChI is InChI=1S/C23H28N4O3/c1-29-19-5-6-20(21(12-19)30-2)22-18(14-25-26-22)15-27-10-7-16(8-11-27)23(28)17-4-3-9-24-13-17/h3-6,9,12-14,16,23,28H,7-8,10-11,15H2,1-2H3,(H,25,26). The highest BCUT2D eigenvalue weighted by Crippen LogP contribution is 2.35. The summed E-state index contributed by atoms with van der Waals surface area (Å²) in [6, 6.07) is 9.62. The molecule has 4 rings (SSSR count). The summed E-state index contributed by atoms with van der Waals surface area (Å²) in [5.41, 5.74) is 3.96. The van der Waals surface area contributed by atoms with Crippen LogP contribution in [0.3, 0.4) is 0 Å². The molecule has 3 heterocycles. The molecule has 0 radical (unpaired) electrons. The molecule has 7 heteroatoms. The third kappa shape index (κ3) is 4.32. The Morgan fingerprint density at radius 3 is 2.70 bits per heavy atom. The Labute approximate surface area is 176 Å². The number of piperidine rings is 1. The van der Waals surface area contributed by atoms with Crippen molar-refractivity contribution in [2.45, 2.75) is 25.5 Å². The van der Waals surface area contributed by atoms with Gasteiger partial charge in [-0.1, -0.05) is 6.07 Å². The Bertz CT molecular complexity index is 952. The van der Waals surface area contributed by atoms with Gasteiger partial charge in [0.15, 0.2) is 0 Å². The molecule has 1 fully saturated rings. The monoisotopic (exact) mass is 408 g/mol. The predicted octanol–water partition coefficient (Wildman–Crippen LogP) is 3.43. The summed E-state index contributed by atoms with van der Waals surface area (Å²) in [5, 5.41) is 18.1. The normalized spacial score (nSPS) is 16.4. The Balaban J connectivity index is 1.42. The van der Waals surface area contributed by atoms with Gasteiger partial charge in [0.1, 0.15) is 11.5 Å². The van der Waals surface area contributed by atoms with E-state index in [1.807, 2.05) is 36.5 Å². The van der Waals surface area contributed by atoms with Gasteiger partial charge in [0.05, 0.1) is 32.2 Å². The summed E-state index contributed by atoms with van der Waals surface area (Å²) in [4.78, 5) is 6.54. The topological polar surface area (TPSA) is 83.5 Å². The highest BCUT2D eigenvalue weighted by atomic mass is 16.5. The fourth-order valence-corrected chi connectivity index (χ4v) is 4.16. The van der Waals surface area contributed by atoms with E-state index in [1.165, 1.54) is 0 Å². The van der Waals surface area contributed by atoms with Crippen molar-refractivity contribution in [2.24, 2.45) is 5.92 Å². The van der Waals surface area contributed by atoms with Crippen molar-refractivity contribution >= 4 is 0 Å². The Morgan fingerprint density at radius 2 is 2.00 bits per heavy atom. The van der Waals surface area contributed by atoms with Gasteiger partial charge in [0, 0.05) is 36.1 Å². The first-order valence-corrected chi connectivity index (χ1v) is 10.2. The highest BCUT2D eigenvalue weighted by molar-refractivity contribution is 5.71. The predicted molar refractivity (Wildman–Crippen MR) is 114 cm³/mol. The summed E-state index contributed by atoms with van der Waals surface area (Å²) in [5.74, 6) is 1.76. The first kappa shape index (κ1) is 20.4. The van der Waals surface area contributed by atoms with Crippen molar-refractivity contribution in [3.8, 4) is 22.8 Å². The molecule has 0 spiro atoms. The van der Waals surface area contributed by atoms with E-state index in [9.17, 15) is 5.11 Å². The number of hydrogen-bond donors (Lipinski definition) is 2. The van der Waals surface area contributed by atoms with E-state index in [1.54, 1.807) is 26.6 Å². The molecular weight excluding hydrogens is 380 g/mol. The van der Waals surface area contributed by atoms with Crippen LogP contribution in [-0.4, -0.2) is 52.5 Å². The maximum atomic E-state index is 10.7. The van der Waals surface area contributed by atoms with Crippen LogP contribution in [0.4, 0.5) is 0 Å². The Hall–Kier alpha value is -2.90. The number of methoxy groups -OCH3 is 2. The summed E-state index contributed by atoms with van der Waals surface area (Å²) >= 11 is 0. The lowest BCUT2D eigenvalue weighted by atomic mass is 9.88. The van der Waals surface area contributed by atoms with Crippen molar-refractivity contribution in [3.63, 3.8) is 0 Å². The number of likely N-dealkylation sites (tertiary alicyclic amines) is 1. The van der Waals surface area contributed by atoms with Gasteiger partial charge < -0.3 is 14.6 Å². The minimum absolute atomic E-state index is 0.260. The molecule has 1 saturated heterocycles. The summed E-state index contributed by atoms with van der Waals surface area (Å²) < 4.78 is 10.9. The van der Waals surface area contributed by atoms with Crippen LogP contribution in [0.1, 0.15) is 30.1 Å². The molecule has 30 heavy (non-hydrogen) atoms. The number of benzene rings is 1. The van der Waals surface area contributed by atoms with E-state index in [0.29, 0.717) is 0 Å². The molecule has 0 bridgehead atoms. The fourth-order valence-electron chi connectivity index (χ4n) is 4.16. The lowest BCUT2D eigenvalue weighted by Crippen LogP contribution is -2.35. The van der Waals surface area contributed by atoms with E-state index in [0.717, 1.165) is 66.4 Å². The molecule has 1 unspecified atom stereocenters. The largest absolute Gasteiger partial charge is 0.497 e. The number of nitrogens with one attached hydrogen (secondary N) is 1. The molecule has 2 N–H and O–H groups in total. The maximum absolute atomic E-state index is 10.7. The number of H-pyrrole nitrogens is 1. The minimum Gasteiger partial charge on any atom is -0.497 e. The first-order valence-electron chi connectivity index (χ1n) is 10.2. The van der Waals surface area contributed by atoms with Gasteiger partial charge in [0.25, 0.3) is 0 Å². The zero-order chi connectivity index (χ0) is 20.9. The zero-order valence-electron chi connectivity index (χ0n) is 17.4. The third-order valence-electron chi connectivity index (χ3n) is 5.89. The van der Waals surface area contributed by atoms with Crippen LogP contribution in [-0.2, 0) is 6.54 Å². The number of rotatable bonds is 7. The number of aromatic amines is 1. The van der Waals surface area contributed by atoms with Crippen molar-refractivity contribution < 1.29 is 14.6 Å². The smallest absolute Gasteiger partial charge is 0.131 e. The van der Waals surface area contributed by atoms with Crippen LogP contribution < -0.4 is 9.47 Å². The lowest BCUT2D eigenvalue weighted by molar-refractivity contribution is 0.0566. The number of aromatic nitrogens is 3. The molecule has 1 aromatic carbocycles. The molecule has 1 aliphatic heterocycles. The molecule has 3 aromatic rings. The van der Waals surface area contributed by atoms with Crippen molar-refractivity contribution in [1.82, 2.24) is 20.1 Å². The number of nitrogens with zero attached hydrogens (tertiary/aromatic N) is 3. The third-order valence-corrected chi connectivity index (χ3v) is 5.89. The number of pyridine rings is 1. The van der Waals surface area contributed by atoms with Crippen LogP contribution >= 0.6 is 0 Å². The number of hydrogen-bond acceptors (Lipinski definition) is 6. The van der Waals surface area contributed by atoms with Gasteiger partial charge in [-0.15, -0.1) is 0 Å².